The molecule has 1 atom stereocenters. The lowest BCUT2D eigenvalue weighted by Crippen LogP contribution is -2.17. The second kappa shape index (κ2) is 7.76. The Bertz CT molecular complexity index is 394. The molecule has 1 aromatic rings. The van der Waals surface area contributed by atoms with Crippen LogP contribution in [-0.2, 0) is 9.59 Å². The number of hydrogen-bond acceptors (Lipinski definition) is 3. The van der Waals surface area contributed by atoms with E-state index in [4.69, 9.17) is 5.11 Å². The van der Waals surface area contributed by atoms with Crippen LogP contribution < -0.4 is 5.32 Å². The average Bonchev–Trinajstić information content (AvgIpc) is 2.35. The quantitative estimate of drug-likeness (QED) is 0.797. The third kappa shape index (κ3) is 5.23. The summed E-state index contributed by atoms with van der Waals surface area (Å²) in [6.07, 6.45) is 0.893. The SMILES string of the molecule is CCC(SCCC(=O)Nc1ccccc1)C(=O)O. The fourth-order valence-corrected chi connectivity index (χ4v) is 2.37. The molecule has 0 saturated carbocycles. The van der Waals surface area contributed by atoms with E-state index in [1.165, 1.54) is 11.8 Å². The summed E-state index contributed by atoms with van der Waals surface area (Å²) in [6.45, 7) is 1.83. The number of carbonyl (C=O) groups is 2. The lowest BCUT2D eigenvalue weighted by atomic mass is 10.3. The number of carboxylic acid groups (broad SMARTS) is 1. The predicted octanol–water partition coefficient (Wildman–Crippen LogP) is 2.61. The molecule has 4 nitrogen and oxygen atoms in total. The Balaban J connectivity index is 2.27. The standard InChI is InChI=1S/C13H17NO3S/c1-2-11(13(16)17)18-9-8-12(15)14-10-6-4-3-5-7-10/h3-7,11H,2,8-9H2,1H3,(H,14,15)(H,16,17). The van der Waals surface area contributed by atoms with Crippen molar-refractivity contribution in [1.29, 1.82) is 0 Å². The van der Waals surface area contributed by atoms with Gasteiger partial charge in [0.15, 0.2) is 0 Å². The van der Waals surface area contributed by atoms with E-state index in [-0.39, 0.29) is 5.91 Å². The molecule has 0 aliphatic rings. The van der Waals surface area contributed by atoms with Crippen molar-refractivity contribution in [3.05, 3.63) is 30.3 Å². The number of para-hydroxylation sites is 1. The molecule has 0 fully saturated rings. The molecule has 1 unspecified atom stereocenters. The van der Waals surface area contributed by atoms with E-state index >= 15 is 0 Å². The fourth-order valence-electron chi connectivity index (χ4n) is 1.40. The highest BCUT2D eigenvalue weighted by molar-refractivity contribution is 8.00. The van der Waals surface area contributed by atoms with Gasteiger partial charge < -0.3 is 10.4 Å². The Morgan fingerprint density at radius 3 is 2.56 bits per heavy atom. The molecule has 1 amide bonds. The maximum Gasteiger partial charge on any atom is 0.316 e. The average molecular weight is 267 g/mol. The predicted molar refractivity (Wildman–Crippen MR) is 73.9 cm³/mol. The van der Waals surface area contributed by atoms with E-state index in [0.717, 1.165) is 5.69 Å². The van der Waals surface area contributed by atoms with Crippen LogP contribution >= 0.6 is 11.8 Å². The minimum atomic E-state index is -0.814. The van der Waals surface area contributed by atoms with Crippen LogP contribution in [0.3, 0.4) is 0 Å². The second-order valence-corrected chi connectivity index (χ2v) is 5.08. The number of carboxylic acids is 1. The number of anilines is 1. The molecular weight excluding hydrogens is 250 g/mol. The summed E-state index contributed by atoms with van der Waals surface area (Å²) in [5.41, 5.74) is 0.762. The van der Waals surface area contributed by atoms with Gasteiger partial charge in [-0.3, -0.25) is 9.59 Å². The minimum absolute atomic E-state index is 0.0889. The number of nitrogens with one attached hydrogen (secondary N) is 1. The molecule has 2 N–H and O–H groups in total. The van der Waals surface area contributed by atoms with Gasteiger partial charge in [0.25, 0.3) is 0 Å². The van der Waals surface area contributed by atoms with Crippen LogP contribution in [0.5, 0.6) is 0 Å². The summed E-state index contributed by atoms with van der Waals surface area (Å²) < 4.78 is 0. The van der Waals surface area contributed by atoms with Crippen molar-refractivity contribution in [3.63, 3.8) is 0 Å². The summed E-state index contributed by atoms with van der Waals surface area (Å²) in [5, 5.41) is 11.2. The largest absolute Gasteiger partial charge is 0.480 e. The van der Waals surface area contributed by atoms with E-state index in [9.17, 15) is 9.59 Å². The highest BCUT2D eigenvalue weighted by Crippen LogP contribution is 2.16. The Labute approximate surface area is 111 Å². The van der Waals surface area contributed by atoms with Crippen molar-refractivity contribution < 1.29 is 14.7 Å². The van der Waals surface area contributed by atoms with Crippen molar-refractivity contribution in [3.8, 4) is 0 Å². The van der Waals surface area contributed by atoms with Gasteiger partial charge in [0.2, 0.25) is 5.91 Å². The Kier molecular flexibility index (Phi) is 6.28. The number of thioether (sulfide) groups is 1. The number of amides is 1. The van der Waals surface area contributed by atoms with Gasteiger partial charge in [-0.05, 0) is 18.6 Å². The van der Waals surface area contributed by atoms with E-state index in [1.807, 2.05) is 37.3 Å². The van der Waals surface area contributed by atoms with Crippen molar-refractivity contribution >= 4 is 29.3 Å². The molecule has 18 heavy (non-hydrogen) atoms. The zero-order valence-corrected chi connectivity index (χ0v) is 11.1. The zero-order chi connectivity index (χ0) is 13.4. The second-order valence-electron chi connectivity index (χ2n) is 3.77. The van der Waals surface area contributed by atoms with Gasteiger partial charge in [0.1, 0.15) is 5.25 Å². The first-order valence-corrected chi connectivity index (χ1v) is 6.87. The summed E-state index contributed by atoms with van der Waals surface area (Å²) in [7, 11) is 0. The van der Waals surface area contributed by atoms with Crippen LogP contribution in [0.4, 0.5) is 5.69 Å². The van der Waals surface area contributed by atoms with Gasteiger partial charge >= 0.3 is 5.97 Å². The molecule has 0 aromatic heterocycles. The van der Waals surface area contributed by atoms with Gasteiger partial charge in [-0.1, -0.05) is 25.1 Å². The smallest absolute Gasteiger partial charge is 0.316 e. The number of hydrogen-bond donors (Lipinski definition) is 2. The van der Waals surface area contributed by atoms with Crippen molar-refractivity contribution in [2.24, 2.45) is 0 Å². The molecule has 1 aromatic carbocycles. The summed E-state index contributed by atoms with van der Waals surface area (Å²) in [5.74, 6) is -0.386. The Morgan fingerprint density at radius 2 is 2.00 bits per heavy atom. The molecule has 0 bridgehead atoms. The first-order valence-electron chi connectivity index (χ1n) is 5.82. The van der Waals surface area contributed by atoms with Gasteiger partial charge in [-0.25, -0.2) is 0 Å². The molecule has 0 aliphatic heterocycles. The number of aliphatic carboxylic acids is 1. The van der Waals surface area contributed by atoms with E-state index in [2.05, 4.69) is 5.32 Å². The van der Waals surface area contributed by atoms with Gasteiger partial charge in [-0.2, -0.15) is 0 Å². The molecule has 0 radical (unpaired) electrons. The summed E-state index contributed by atoms with van der Waals surface area (Å²) in [6, 6.07) is 9.21. The first-order chi connectivity index (χ1) is 8.63. The molecule has 5 heteroatoms. The monoisotopic (exact) mass is 267 g/mol. The van der Waals surface area contributed by atoms with Crippen LogP contribution in [0.1, 0.15) is 19.8 Å². The first kappa shape index (κ1) is 14.6. The van der Waals surface area contributed by atoms with E-state index in [1.54, 1.807) is 0 Å². The molecular formula is C13H17NO3S. The molecule has 1 rings (SSSR count). The summed E-state index contributed by atoms with van der Waals surface area (Å²) in [4.78, 5) is 22.4. The fraction of sp³-hybridized carbons (Fsp3) is 0.385. The molecule has 0 heterocycles. The van der Waals surface area contributed by atoms with Crippen LogP contribution in [0.15, 0.2) is 30.3 Å². The highest BCUT2D eigenvalue weighted by Gasteiger charge is 2.15. The lowest BCUT2D eigenvalue weighted by Gasteiger charge is -2.09. The number of rotatable bonds is 7. The Morgan fingerprint density at radius 1 is 1.33 bits per heavy atom. The minimum Gasteiger partial charge on any atom is -0.480 e. The van der Waals surface area contributed by atoms with Crippen molar-refractivity contribution in [1.82, 2.24) is 0 Å². The normalized spacial score (nSPS) is 11.8. The number of benzene rings is 1. The third-order valence-electron chi connectivity index (χ3n) is 2.35. The molecule has 98 valence electrons. The van der Waals surface area contributed by atoms with Crippen LogP contribution in [0, 0.1) is 0 Å². The molecule has 0 spiro atoms. The van der Waals surface area contributed by atoms with Crippen LogP contribution in [0.2, 0.25) is 0 Å². The highest BCUT2D eigenvalue weighted by atomic mass is 32.2. The van der Waals surface area contributed by atoms with Gasteiger partial charge in [-0.15, -0.1) is 11.8 Å². The third-order valence-corrected chi connectivity index (χ3v) is 3.73. The maximum atomic E-state index is 11.6. The maximum absolute atomic E-state index is 11.6. The van der Waals surface area contributed by atoms with Crippen LogP contribution in [0.25, 0.3) is 0 Å². The zero-order valence-electron chi connectivity index (χ0n) is 10.3. The molecule has 0 aliphatic carbocycles. The van der Waals surface area contributed by atoms with Crippen molar-refractivity contribution in [2.45, 2.75) is 25.0 Å². The topological polar surface area (TPSA) is 66.4 Å². The van der Waals surface area contributed by atoms with Gasteiger partial charge in [0, 0.05) is 17.9 Å². The van der Waals surface area contributed by atoms with E-state index in [0.29, 0.717) is 18.6 Å². The van der Waals surface area contributed by atoms with Crippen LogP contribution in [-0.4, -0.2) is 28.0 Å². The number of carbonyl (C=O) groups excluding carboxylic acids is 1. The lowest BCUT2D eigenvalue weighted by molar-refractivity contribution is -0.136. The van der Waals surface area contributed by atoms with Crippen molar-refractivity contribution in [2.75, 3.05) is 11.1 Å². The van der Waals surface area contributed by atoms with E-state index < -0.39 is 11.2 Å². The Hall–Kier alpha value is -1.49. The molecule has 0 saturated heterocycles. The van der Waals surface area contributed by atoms with Gasteiger partial charge in [0.05, 0.1) is 0 Å². The summed E-state index contributed by atoms with van der Waals surface area (Å²) >= 11 is 1.31.